The summed E-state index contributed by atoms with van der Waals surface area (Å²) < 4.78 is 0. The molecule has 0 bridgehead atoms. The van der Waals surface area contributed by atoms with Crippen molar-refractivity contribution in [2.24, 2.45) is 5.92 Å². The van der Waals surface area contributed by atoms with Gasteiger partial charge in [0, 0.05) is 50.6 Å². The number of nitrogens with zero attached hydrogens (tertiary/aromatic N) is 5. The molecular formula is C22H29N5O. The van der Waals surface area contributed by atoms with Crippen LogP contribution in [0.4, 0.5) is 11.6 Å². The third-order valence-electron chi connectivity index (χ3n) is 5.69. The maximum absolute atomic E-state index is 13.0. The summed E-state index contributed by atoms with van der Waals surface area (Å²) in [5, 5.41) is 0. The first-order chi connectivity index (χ1) is 13.6. The van der Waals surface area contributed by atoms with Crippen LogP contribution in [0.5, 0.6) is 0 Å². The molecule has 2 aromatic rings. The van der Waals surface area contributed by atoms with E-state index >= 15 is 0 Å². The van der Waals surface area contributed by atoms with Crippen LogP contribution < -0.4 is 9.80 Å². The molecule has 0 saturated carbocycles. The number of piperidine rings is 1. The van der Waals surface area contributed by atoms with Crippen LogP contribution in [-0.2, 0) is 0 Å². The maximum atomic E-state index is 13.0. The van der Waals surface area contributed by atoms with E-state index in [1.165, 1.54) is 12.1 Å². The third kappa shape index (κ3) is 4.11. The number of benzene rings is 1. The second-order valence-electron chi connectivity index (χ2n) is 8.00. The molecule has 148 valence electrons. The van der Waals surface area contributed by atoms with Gasteiger partial charge in [0.2, 0.25) is 5.95 Å². The summed E-state index contributed by atoms with van der Waals surface area (Å²) in [6.45, 7) is 9.37. The molecular weight excluding hydrogens is 350 g/mol. The lowest BCUT2D eigenvalue weighted by Crippen LogP contribution is -2.47. The molecule has 28 heavy (non-hydrogen) atoms. The van der Waals surface area contributed by atoms with E-state index in [4.69, 9.17) is 0 Å². The van der Waals surface area contributed by atoms with Gasteiger partial charge in [-0.3, -0.25) is 4.79 Å². The number of carbonyl (C=O) groups excluding carboxylic acids is 1. The van der Waals surface area contributed by atoms with E-state index in [0.717, 1.165) is 51.4 Å². The van der Waals surface area contributed by atoms with Crippen molar-refractivity contribution in [1.82, 2.24) is 14.9 Å². The van der Waals surface area contributed by atoms with Gasteiger partial charge < -0.3 is 14.7 Å². The Labute approximate surface area is 167 Å². The van der Waals surface area contributed by atoms with Crippen LogP contribution in [0.2, 0.25) is 0 Å². The zero-order valence-electron chi connectivity index (χ0n) is 16.8. The molecule has 2 aliphatic heterocycles. The van der Waals surface area contributed by atoms with Gasteiger partial charge in [-0.25, -0.2) is 9.97 Å². The second kappa shape index (κ2) is 8.17. The average molecular weight is 380 g/mol. The number of anilines is 2. The number of piperazine rings is 1. The normalized spacial score (nSPS) is 20.4. The first-order valence-corrected chi connectivity index (χ1v) is 10.3. The minimum Gasteiger partial charge on any atom is -0.368 e. The van der Waals surface area contributed by atoms with E-state index in [0.29, 0.717) is 17.6 Å². The van der Waals surface area contributed by atoms with Gasteiger partial charge in [-0.2, -0.15) is 0 Å². The van der Waals surface area contributed by atoms with Crippen LogP contribution in [0.1, 0.15) is 35.9 Å². The van der Waals surface area contributed by atoms with Crippen molar-refractivity contribution in [3.63, 3.8) is 0 Å². The summed E-state index contributed by atoms with van der Waals surface area (Å²) in [5.74, 6) is 1.29. The summed E-state index contributed by atoms with van der Waals surface area (Å²) in [6, 6.07) is 12.3. The van der Waals surface area contributed by atoms with Crippen LogP contribution in [0.3, 0.4) is 0 Å². The van der Waals surface area contributed by atoms with Crippen LogP contribution >= 0.6 is 0 Å². The molecule has 2 fully saturated rings. The van der Waals surface area contributed by atoms with Gasteiger partial charge in [0.1, 0.15) is 5.69 Å². The van der Waals surface area contributed by atoms with Gasteiger partial charge in [-0.05, 0) is 43.9 Å². The fourth-order valence-electron chi connectivity index (χ4n) is 4.14. The molecule has 2 aliphatic rings. The molecule has 1 atom stereocenters. The van der Waals surface area contributed by atoms with Crippen molar-refractivity contribution in [2.45, 2.75) is 26.7 Å². The molecule has 6 nitrogen and oxygen atoms in total. The van der Waals surface area contributed by atoms with Crippen LogP contribution in [0.25, 0.3) is 0 Å². The van der Waals surface area contributed by atoms with Crippen molar-refractivity contribution in [3.8, 4) is 0 Å². The van der Waals surface area contributed by atoms with Gasteiger partial charge >= 0.3 is 0 Å². The Balaban J connectivity index is 1.46. The van der Waals surface area contributed by atoms with E-state index in [2.05, 4.69) is 51.0 Å². The smallest absolute Gasteiger partial charge is 0.272 e. The Morgan fingerprint density at radius 3 is 2.43 bits per heavy atom. The number of likely N-dealkylation sites (tertiary alicyclic amines) is 1. The first-order valence-electron chi connectivity index (χ1n) is 10.3. The van der Waals surface area contributed by atoms with Crippen molar-refractivity contribution in [2.75, 3.05) is 49.1 Å². The lowest BCUT2D eigenvalue weighted by atomic mass is 10.00. The van der Waals surface area contributed by atoms with Gasteiger partial charge in [-0.1, -0.05) is 25.1 Å². The lowest BCUT2D eigenvalue weighted by molar-refractivity contribution is 0.0677. The van der Waals surface area contributed by atoms with Gasteiger partial charge in [0.25, 0.3) is 5.91 Å². The minimum atomic E-state index is 0.0428. The Morgan fingerprint density at radius 1 is 1.00 bits per heavy atom. The molecule has 0 N–H and O–H groups in total. The predicted octanol–water partition coefficient (Wildman–Crippen LogP) is 2.98. The quantitative estimate of drug-likeness (QED) is 0.821. The lowest BCUT2D eigenvalue weighted by Gasteiger charge is -2.36. The number of hydrogen-bond donors (Lipinski definition) is 0. The highest BCUT2D eigenvalue weighted by atomic mass is 16.2. The summed E-state index contributed by atoms with van der Waals surface area (Å²) in [6.07, 6.45) is 2.27. The van der Waals surface area contributed by atoms with Crippen molar-refractivity contribution < 1.29 is 4.79 Å². The molecule has 0 aliphatic carbocycles. The summed E-state index contributed by atoms with van der Waals surface area (Å²) in [4.78, 5) is 28.8. The van der Waals surface area contributed by atoms with Crippen molar-refractivity contribution >= 4 is 17.5 Å². The fraction of sp³-hybridized carbons (Fsp3) is 0.500. The fourth-order valence-corrected chi connectivity index (χ4v) is 4.14. The van der Waals surface area contributed by atoms with E-state index in [1.54, 1.807) is 0 Å². The van der Waals surface area contributed by atoms with E-state index in [-0.39, 0.29) is 5.91 Å². The number of carbonyl (C=O) groups is 1. The molecule has 3 heterocycles. The van der Waals surface area contributed by atoms with E-state index in [9.17, 15) is 4.79 Å². The highest BCUT2D eigenvalue weighted by molar-refractivity contribution is 5.92. The number of amides is 1. The average Bonchev–Trinajstić information content (AvgIpc) is 2.73. The molecule has 0 radical (unpaired) electrons. The number of aryl methyl sites for hydroxylation is 1. The molecule has 0 spiro atoms. The standard InChI is InChI=1S/C22H29N5O/c1-17-7-6-10-27(16-17)21(28)20-15-18(2)23-22(24-20)26-13-11-25(12-14-26)19-8-4-3-5-9-19/h3-5,8-9,15,17H,6-7,10-14,16H2,1-2H3. The zero-order valence-corrected chi connectivity index (χ0v) is 16.8. The number of rotatable bonds is 3. The van der Waals surface area contributed by atoms with Gasteiger partial charge in [0.15, 0.2) is 0 Å². The highest BCUT2D eigenvalue weighted by Crippen LogP contribution is 2.21. The molecule has 6 heteroatoms. The van der Waals surface area contributed by atoms with Gasteiger partial charge in [0.05, 0.1) is 0 Å². The molecule has 4 rings (SSSR count). The molecule has 1 unspecified atom stereocenters. The largest absolute Gasteiger partial charge is 0.368 e. The van der Waals surface area contributed by atoms with E-state index in [1.807, 2.05) is 24.0 Å². The summed E-state index contributed by atoms with van der Waals surface area (Å²) in [5.41, 5.74) is 2.63. The summed E-state index contributed by atoms with van der Waals surface area (Å²) >= 11 is 0. The topological polar surface area (TPSA) is 52.6 Å². The molecule has 1 aromatic heterocycles. The predicted molar refractivity (Wildman–Crippen MR) is 112 cm³/mol. The monoisotopic (exact) mass is 379 g/mol. The number of hydrogen-bond acceptors (Lipinski definition) is 5. The van der Waals surface area contributed by atoms with Crippen molar-refractivity contribution in [1.29, 1.82) is 0 Å². The summed E-state index contributed by atoms with van der Waals surface area (Å²) in [7, 11) is 0. The molecule has 1 aromatic carbocycles. The Hall–Kier alpha value is -2.63. The minimum absolute atomic E-state index is 0.0428. The number of aromatic nitrogens is 2. The third-order valence-corrected chi connectivity index (χ3v) is 5.69. The highest BCUT2D eigenvalue weighted by Gasteiger charge is 2.25. The number of para-hydroxylation sites is 1. The second-order valence-corrected chi connectivity index (χ2v) is 8.00. The molecule has 2 saturated heterocycles. The van der Waals surface area contributed by atoms with Gasteiger partial charge in [-0.15, -0.1) is 0 Å². The zero-order chi connectivity index (χ0) is 19.5. The van der Waals surface area contributed by atoms with Crippen LogP contribution in [0.15, 0.2) is 36.4 Å². The van der Waals surface area contributed by atoms with Crippen molar-refractivity contribution in [3.05, 3.63) is 47.8 Å². The van der Waals surface area contributed by atoms with Crippen LogP contribution in [-0.4, -0.2) is 60.0 Å². The maximum Gasteiger partial charge on any atom is 0.272 e. The first kappa shape index (κ1) is 18.7. The Bertz CT molecular complexity index is 817. The SMILES string of the molecule is Cc1cc(C(=O)N2CCCC(C)C2)nc(N2CCN(c3ccccc3)CC2)n1. The Kier molecular flexibility index (Phi) is 5.46. The van der Waals surface area contributed by atoms with E-state index < -0.39 is 0 Å². The molecule has 1 amide bonds. The van der Waals surface area contributed by atoms with Crippen LogP contribution in [0, 0.1) is 12.8 Å². The Morgan fingerprint density at radius 2 is 1.71 bits per heavy atom.